The first-order valence-corrected chi connectivity index (χ1v) is 50.6. The molecule has 0 aliphatic carbocycles. The average Bonchev–Trinajstić information content (AvgIpc) is 1.01. The van der Waals surface area contributed by atoms with Crippen LogP contribution in [-0.4, -0.2) is 14.0 Å². The van der Waals surface area contributed by atoms with Crippen LogP contribution in [0.25, 0.3) is 189 Å². The maximum Gasteiger partial charge on any atom is 0.220 e. The number of hydrogen-bond donors (Lipinski definition) is 0. The fourth-order valence-electron chi connectivity index (χ4n) is 22.9. The molecule has 0 spiro atoms. The zero-order chi connectivity index (χ0) is 94.7. The third-order valence-corrected chi connectivity index (χ3v) is 31.8. The topological polar surface area (TPSA) is 22.2 Å². The van der Waals surface area contributed by atoms with Crippen molar-refractivity contribution in [1.82, 2.24) is 14.0 Å². The number of imidazole rings is 2. The Bertz CT molecular complexity index is 8440. The maximum absolute atomic E-state index is 5.33. The van der Waals surface area contributed by atoms with Gasteiger partial charge in [-0.25, -0.2) is 4.98 Å². The minimum atomic E-state index is -0.500. The van der Waals surface area contributed by atoms with Crippen LogP contribution >= 0.6 is 23.5 Å². The van der Waals surface area contributed by atoms with Gasteiger partial charge in [0.15, 0.2) is 0 Å². The van der Waals surface area contributed by atoms with Crippen molar-refractivity contribution in [2.75, 3.05) is 0 Å². The Hall–Kier alpha value is -15.6. The third kappa shape index (κ3) is 14.9. The van der Waals surface area contributed by atoms with E-state index in [4.69, 9.17) is 4.98 Å². The molecule has 0 saturated heterocycles. The Morgan fingerprint density at radius 2 is 0.536 bits per heavy atom. The van der Waals surface area contributed by atoms with Gasteiger partial charge < -0.3 is 0 Å². The summed E-state index contributed by atoms with van der Waals surface area (Å²) in [6.45, 7) is 21.8. The molecule has 672 valence electrons. The molecule has 0 radical (unpaired) electrons. The smallest absolute Gasteiger partial charge is 0.220 e. The van der Waals surface area contributed by atoms with E-state index in [1.54, 1.807) is 0 Å². The maximum atomic E-state index is 5.33. The lowest BCUT2D eigenvalue weighted by atomic mass is 9.69. The zero-order valence-corrected chi connectivity index (χ0v) is 81.9. The molecule has 0 N–H and O–H groups in total. The summed E-state index contributed by atoms with van der Waals surface area (Å²) in [5.74, 6) is 0.907. The quantitative estimate of drug-likeness (QED) is 0.0907. The van der Waals surface area contributed by atoms with Crippen molar-refractivity contribution in [3.05, 3.63) is 500 Å². The van der Waals surface area contributed by atoms with Crippen LogP contribution in [0.3, 0.4) is 0 Å². The lowest BCUT2D eigenvalue weighted by Gasteiger charge is -2.40. The van der Waals surface area contributed by atoms with Crippen molar-refractivity contribution in [2.24, 2.45) is 0 Å². The summed E-state index contributed by atoms with van der Waals surface area (Å²) in [5, 5.41) is 0. The van der Waals surface area contributed by atoms with Gasteiger partial charge in [-0.15, -0.1) is 0 Å². The largest absolute Gasteiger partial charge is 0.278 e. The second kappa shape index (κ2) is 35.1. The summed E-state index contributed by atoms with van der Waals surface area (Å²) >= 11 is 3.87. The molecule has 1 atom stereocenters. The molecule has 4 heterocycles. The predicted octanol–water partition coefficient (Wildman–Crippen LogP) is 37.2. The fourth-order valence-corrected chi connectivity index (χ4v) is 26.0. The standard InChI is InChI=1S/C135H105N3S2/c1-132(2,3)104-78-80-106-129(140-114-82-77-102(85-108(114)134(106,7)8)137-111-70-40-41-71-112(111)138-110-69-39-38-68-109(110)136-131(137)138)115(104)98-63-43-65-100(83-98)128-124(95-59-33-17-34-60-95)120(91-51-25-13-26-52-91)121(92-53-27-14-28-54-92)126(125(128)96-61-35-18-36-62-96)97-75-73-87(74-76-97)86-135(9)103-67-37-42-72-113(103)139-130-107(135)81-79-105(133(4,5)6)116(130)99-64-44-66-101(84-99)127-122(93-55-29-15-30-56-93)118(89-47-21-11-22-48-89)117(88-45-19-10-20-46-88)119(90-49-23-12-24-50-90)123(127)94-57-31-16-32-58-94/h10-85H,86H2,1-9H3. The molecule has 0 amide bonds. The van der Waals surface area contributed by atoms with Crippen molar-refractivity contribution in [3.63, 3.8) is 0 Å². The van der Waals surface area contributed by atoms with Gasteiger partial charge in [0.1, 0.15) is 0 Å². The second-order valence-corrected chi connectivity index (χ2v) is 42.6. The molecule has 0 bridgehead atoms. The molecule has 24 rings (SSSR count). The number of para-hydroxylation sites is 4. The lowest BCUT2D eigenvalue weighted by molar-refractivity contribution is 0.537. The molecule has 1 unspecified atom stereocenters. The lowest BCUT2D eigenvalue weighted by Crippen LogP contribution is -2.31. The van der Waals surface area contributed by atoms with Crippen LogP contribution in [0.2, 0.25) is 0 Å². The number of nitrogens with zero attached hydrogens (tertiary/aromatic N) is 3. The van der Waals surface area contributed by atoms with Gasteiger partial charge in [0.25, 0.3) is 0 Å². The summed E-state index contributed by atoms with van der Waals surface area (Å²) < 4.78 is 4.68. The van der Waals surface area contributed by atoms with E-state index >= 15 is 0 Å². The molecule has 20 aromatic carbocycles. The highest BCUT2D eigenvalue weighted by atomic mass is 32.2. The monoisotopic (exact) mass is 1830 g/mol. The number of benzene rings is 20. The van der Waals surface area contributed by atoms with E-state index in [2.05, 4.69) is 532 Å². The second-order valence-electron chi connectivity index (χ2n) is 40.5. The molecule has 2 aromatic heterocycles. The van der Waals surface area contributed by atoms with Crippen LogP contribution in [0.15, 0.2) is 481 Å². The Morgan fingerprint density at radius 1 is 0.236 bits per heavy atom. The van der Waals surface area contributed by atoms with E-state index in [1.807, 2.05) is 23.5 Å². The first-order valence-electron chi connectivity index (χ1n) is 49.0. The Kier molecular flexibility index (Phi) is 21.9. The summed E-state index contributed by atoms with van der Waals surface area (Å²) in [6.07, 6.45) is 0.739. The molecule has 5 heteroatoms. The number of rotatable bonds is 17. The van der Waals surface area contributed by atoms with Crippen molar-refractivity contribution in [2.45, 2.75) is 110 Å². The van der Waals surface area contributed by atoms with Crippen molar-refractivity contribution in [3.8, 4) is 161 Å². The van der Waals surface area contributed by atoms with Crippen LogP contribution in [0.5, 0.6) is 0 Å². The molecule has 0 saturated carbocycles. The van der Waals surface area contributed by atoms with E-state index in [1.165, 1.54) is 148 Å². The number of hydrogen-bond acceptors (Lipinski definition) is 3. The van der Waals surface area contributed by atoms with Crippen molar-refractivity contribution < 1.29 is 0 Å². The van der Waals surface area contributed by atoms with Crippen LogP contribution < -0.4 is 0 Å². The highest BCUT2D eigenvalue weighted by Crippen LogP contribution is 2.63. The van der Waals surface area contributed by atoms with Gasteiger partial charge in [-0.1, -0.05) is 486 Å². The van der Waals surface area contributed by atoms with Gasteiger partial charge in [-0.05, 0) is 273 Å². The molecule has 3 nitrogen and oxygen atoms in total. The summed E-state index contributed by atoms with van der Waals surface area (Å²) in [7, 11) is 0. The van der Waals surface area contributed by atoms with Gasteiger partial charge in [0.05, 0.1) is 22.1 Å². The van der Waals surface area contributed by atoms with Gasteiger partial charge in [0, 0.05) is 36.1 Å². The van der Waals surface area contributed by atoms with Gasteiger partial charge in [-0.2, -0.15) is 0 Å². The SMILES string of the molecule is CC(C)(C)c1ccc2c(c1-c1cccc(-c3c(-c4ccccc4)c(-c4ccccc4)c(-c4ccccc4)c(-c4ccc(CC5(C)c6ccccc6Sc6c5ccc(C(C)(C)C)c6-c5cccc(-c6c(-c7ccccc7)c(-c7ccccc7)c(-c7ccccc7)c(-c7ccccc7)c6-c6ccccc6)c5)cc4)c3-c3ccccc3)c1)Sc1ccc(-n3c4ccccc4n4c5ccccc5nc34)cc1C2(C)C. The van der Waals surface area contributed by atoms with E-state index in [0.29, 0.717) is 0 Å². The van der Waals surface area contributed by atoms with Crippen LogP contribution in [0, 0.1) is 0 Å². The van der Waals surface area contributed by atoms with Crippen LogP contribution in [0.4, 0.5) is 0 Å². The summed E-state index contributed by atoms with van der Waals surface area (Å²) in [5.41, 5.74) is 46.0. The number of aromatic nitrogens is 3. The molecule has 140 heavy (non-hydrogen) atoms. The molecule has 2 aliphatic rings. The van der Waals surface area contributed by atoms with E-state index in [-0.39, 0.29) is 10.8 Å². The molecule has 2 aliphatic heterocycles. The summed E-state index contributed by atoms with van der Waals surface area (Å²) in [4.78, 5) is 10.5. The summed E-state index contributed by atoms with van der Waals surface area (Å²) in [6, 6.07) is 174. The van der Waals surface area contributed by atoms with Crippen LogP contribution in [0.1, 0.15) is 101 Å². The van der Waals surface area contributed by atoms with Gasteiger partial charge in [-0.3, -0.25) is 8.97 Å². The molecule has 22 aromatic rings. The fraction of sp³-hybridized carbons (Fsp3) is 0.104. The third-order valence-electron chi connectivity index (χ3n) is 29.3. The highest BCUT2D eigenvalue weighted by Gasteiger charge is 2.43. The van der Waals surface area contributed by atoms with E-state index in [0.717, 1.165) is 107 Å². The van der Waals surface area contributed by atoms with Crippen molar-refractivity contribution >= 4 is 51.4 Å². The zero-order valence-electron chi connectivity index (χ0n) is 80.2. The van der Waals surface area contributed by atoms with E-state index in [9.17, 15) is 0 Å². The first-order chi connectivity index (χ1) is 68.4. The normalized spacial score (nSPS) is 13.8. The Labute approximate surface area is 830 Å². The first kappa shape index (κ1) is 87.2. The van der Waals surface area contributed by atoms with E-state index < -0.39 is 10.8 Å². The minimum Gasteiger partial charge on any atom is -0.278 e. The molecular formula is C135H105N3S2. The number of fused-ring (bicyclic) bond motifs is 9. The Balaban J connectivity index is 0.690. The van der Waals surface area contributed by atoms with Crippen molar-refractivity contribution in [1.29, 1.82) is 0 Å². The predicted molar refractivity (Wildman–Crippen MR) is 593 cm³/mol. The van der Waals surface area contributed by atoms with Gasteiger partial charge >= 0.3 is 0 Å². The van der Waals surface area contributed by atoms with Crippen LogP contribution in [-0.2, 0) is 28.1 Å². The minimum absolute atomic E-state index is 0.236. The molecular weight excluding hydrogens is 1730 g/mol. The average molecular weight is 1830 g/mol. The highest BCUT2D eigenvalue weighted by molar-refractivity contribution is 8.00. The molecule has 0 fully saturated rings. The Morgan fingerprint density at radius 3 is 0.921 bits per heavy atom. The van der Waals surface area contributed by atoms with Gasteiger partial charge in [0.2, 0.25) is 5.78 Å².